The molecule has 1 aromatic heterocycles. The molecule has 1 aromatic rings. The Labute approximate surface area is 184 Å². The van der Waals surface area contributed by atoms with Gasteiger partial charge in [0.15, 0.2) is 0 Å². The quantitative estimate of drug-likeness (QED) is 0.354. The number of rotatable bonds is 14. The molecule has 1 fully saturated rings. The Balaban J connectivity index is 1.47. The van der Waals surface area contributed by atoms with E-state index < -0.39 is 0 Å². The molecule has 0 atom stereocenters. The van der Waals surface area contributed by atoms with Crippen molar-refractivity contribution in [3.05, 3.63) is 23.9 Å². The van der Waals surface area contributed by atoms with Crippen LogP contribution in [0.1, 0.15) is 51.0 Å². The number of amides is 1. The summed E-state index contributed by atoms with van der Waals surface area (Å²) in [5, 5.41) is 2.91. The first-order chi connectivity index (χ1) is 14.6. The number of ether oxygens (including phenoxy) is 2. The highest BCUT2D eigenvalue weighted by atomic mass is 32.2. The summed E-state index contributed by atoms with van der Waals surface area (Å²) in [6.45, 7) is 6.38. The van der Waals surface area contributed by atoms with Crippen LogP contribution in [0.3, 0.4) is 0 Å². The van der Waals surface area contributed by atoms with Gasteiger partial charge < -0.3 is 14.8 Å². The van der Waals surface area contributed by atoms with Crippen LogP contribution in [-0.4, -0.2) is 66.1 Å². The molecule has 30 heavy (non-hydrogen) atoms. The lowest BCUT2D eigenvalue weighted by Gasteiger charge is -2.26. The Morgan fingerprint density at radius 2 is 2.00 bits per heavy atom. The van der Waals surface area contributed by atoms with Gasteiger partial charge in [-0.3, -0.25) is 14.5 Å². The Kier molecular flexibility index (Phi) is 12.3. The third-order valence-electron chi connectivity index (χ3n) is 4.81. The number of pyridine rings is 1. The van der Waals surface area contributed by atoms with E-state index in [0.717, 1.165) is 25.8 Å². The van der Waals surface area contributed by atoms with Crippen LogP contribution in [0.5, 0.6) is 5.88 Å². The van der Waals surface area contributed by atoms with Gasteiger partial charge in [-0.1, -0.05) is 6.42 Å². The molecular formula is C22H35N3O4S. The Bertz CT molecular complexity index is 639. The van der Waals surface area contributed by atoms with Crippen LogP contribution < -0.4 is 10.1 Å². The second kappa shape index (κ2) is 15.1. The number of nitrogens with zero attached hydrogens (tertiary/aromatic N) is 2. The van der Waals surface area contributed by atoms with Gasteiger partial charge in [0.25, 0.3) is 0 Å². The summed E-state index contributed by atoms with van der Waals surface area (Å²) in [5.74, 6) is 1.46. The monoisotopic (exact) mass is 437 g/mol. The molecule has 0 spiro atoms. The summed E-state index contributed by atoms with van der Waals surface area (Å²) >= 11 is 1.47. The minimum Gasteiger partial charge on any atom is -0.478 e. The molecule has 1 aliphatic heterocycles. The van der Waals surface area contributed by atoms with E-state index in [9.17, 15) is 9.59 Å². The molecule has 8 heteroatoms. The summed E-state index contributed by atoms with van der Waals surface area (Å²) in [6, 6.07) is 4.12. The number of hydrogen-bond donors (Lipinski definition) is 1. The lowest BCUT2D eigenvalue weighted by atomic mass is 10.1. The van der Waals surface area contributed by atoms with Gasteiger partial charge in [-0.2, -0.15) is 0 Å². The molecule has 0 aliphatic carbocycles. The van der Waals surface area contributed by atoms with Crippen molar-refractivity contribution in [1.29, 1.82) is 0 Å². The van der Waals surface area contributed by atoms with Crippen molar-refractivity contribution >= 4 is 23.6 Å². The molecule has 1 saturated heterocycles. The number of likely N-dealkylation sites (tertiary alicyclic amines) is 1. The third-order valence-corrected chi connectivity index (χ3v) is 5.74. The number of hydrogen-bond acceptors (Lipinski definition) is 7. The van der Waals surface area contributed by atoms with E-state index in [1.165, 1.54) is 56.6 Å². The second-order valence-electron chi connectivity index (χ2n) is 7.49. The third kappa shape index (κ3) is 11.4. The molecule has 168 valence electrons. The van der Waals surface area contributed by atoms with Gasteiger partial charge in [0.05, 0.1) is 12.4 Å². The van der Waals surface area contributed by atoms with Crippen molar-refractivity contribution in [3.8, 4) is 5.88 Å². The second-order valence-corrected chi connectivity index (χ2v) is 8.60. The van der Waals surface area contributed by atoms with Gasteiger partial charge >= 0.3 is 5.97 Å². The maximum atomic E-state index is 11.7. The zero-order chi connectivity index (χ0) is 21.4. The molecule has 0 unspecified atom stereocenters. The standard InChI is InChI=1S/C22H35N3O4S/c1-19(26)28-14-15-30-18-21(27)23-9-4-2-7-13-29-22-16-20(8-10-24-22)17-25-11-5-3-6-12-25/h8,10,16H,2-7,9,11-15,17-18H2,1H3,(H,23,27). The van der Waals surface area contributed by atoms with Gasteiger partial charge in [0.2, 0.25) is 11.8 Å². The molecule has 7 nitrogen and oxygen atoms in total. The molecule has 1 aliphatic rings. The summed E-state index contributed by atoms with van der Waals surface area (Å²) in [6.07, 6.45) is 8.62. The minimum absolute atomic E-state index is 0.0220. The molecule has 0 saturated carbocycles. The van der Waals surface area contributed by atoms with E-state index in [0.29, 0.717) is 37.1 Å². The topological polar surface area (TPSA) is 80.8 Å². The predicted molar refractivity (Wildman–Crippen MR) is 120 cm³/mol. The van der Waals surface area contributed by atoms with Crippen LogP contribution in [0.4, 0.5) is 0 Å². The molecule has 0 aromatic carbocycles. The SMILES string of the molecule is CC(=O)OCCSCC(=O)NCCCCCOc1cc(CN2CCCCC2)ccn1. The normalized spacial score (nSPS) is 14.3. The van der Waals surface area contributed by atoms with Crippen LogP contribution in [0, 0.1) is 0 Å². The number of piperidine rings is 1. The molecule has 2 heterocycles. The highest BCUT2D eigenvalue weighted by molar-refractivity contribution is 7.99. The molecule has 1 N–H and O–H groups in total. The fourth-order valence-corrected chi connectivity index (χ4v) is 3.91. The fraction of sp³-hybridized carbons (Fsp3) is 0.682. The minimum atomic E-state index is -0.287. The van der Waals surface area contributed by atoms with Gasteiger partial charge in [0.1, 0.15) is 6.61 Å². The van der Waals surface area contributed by atoms with Crippen molar-refractivity contribution in [2.75, 3.05) is 44.4 Å². The van der Waals surface area contributed by atoms with E-state index in [2.05, 4.69) is 21.3 Å². The van der Waals surface area contributed by atoms with Crippen LogP contribution in [0.15, 0.2) is 18.3 Å². The number of aromatic nitrogens is 1. The average molecular weight is 438 g/mol. The van der Waals surface area contributed by atoms with Crippen LogP contribution >= 0.6 is 11.8 Å². The number of esters is 1. The molecule has 1 amide bonds. The summed E-state index contributed by atoms with van der Waals surface area (Å²) in [4.78, 5) is 29.2. The lowest BCUT2D eigenvalue weighted by molar-refractivity contribution is -0.140. The first-order valence-electron chi connectivity index (χ1n) is 10.9. The highest BCUT2D eigenvalue weighted by Gasteiger charge is 2.11. The van der Waals surface area contributed by atoms with Crippen molar-refractivity contribution in [2.24, 2.45) is 0 Å². The van der Waals surface area contributed by atoms with Gasteiger partial charge in [-0.25, -0.2) is 4.98 Å². The lowest BCUT2D eigenvalue weighted by Crippen LogP contribution is -2.29. The fourth-order valence-electron chi connectivity index (χ4n) is 3.27. The molecular weight excluding hydrogens is 402 g/mol. The van der Waals surface area contributed by atoms with Crippen molar-refractivity contribution in [3.63, 3.8) is 0 Å². The van der Waals surface area contributed by atoms with Crippen molar-refractivity contribution in [1.82, 2.24) is 15.2 Å². The first kappa shape index (κ1) is 24.5. The first-order valence-corrected chi connectivity index (χ1v) is 12.1. The van der Waals surface area contributed by atoms with Crippen LogP contribution in [-0.2, 0) is 20.9 Å². The van der Waals surface area contributed by atoms with Crippen LogP contribution in [0.2, 0.25) is 0 Å². The maximum absolute atomic E-state index is 11.7. The number of nitrogens with one attached hydrogen (secondary N) is 1. The Morgan fingerprint density at radius 1 is 1.17 bits per heavy atom. The Hall–Kier alpha value is -1.80. The average Bonchev–Trinajstić information content (AvgIpc) is 2.73. The van der Waals surface area contributed by atoms with Crippen molar-refractivity contribution in [2.45, 2.75) is 52.0 Å². The van der Waals surface area contributed by atoms with E-state index in [4.69, 9.17) is 9.47 Å². The van der Waals surface area contributed by atoms with Crippen molar-refractivity contribution < 1.29 is 19.1 Å². The molecule has 0 radical (unpaired) electrons. The molecule has 0 bridgehead atoms. The summed E-state index contributed by atoms with van der Waals surface area (Å²) < 4.78 is 10.6. The van der Waals surface area contributed by atoms with E-state index in [1.54, 1.807) is 0 Å². The predicted octanol–water partition coefficient (Wildman–Crippen LogP) is 3.03. The highest BCUT2D eigenvalue weighted by Crippen LogP contribution is 2.16. The zero-order valence-corrected chi connectivity index (χ0v) is 18.9. The van der Waals surface area contributed by atoms with Gasteiger partial charge in [-0.05, 0) is 56.8 Å². The van der Waals surface area contributed by atoms with E-state index in [1.807, 2.05) is 12.3 Å². The van der Waals surface area contributed by atoms with E-state index >= 15 is 0 Å². The number of carbonyl (C=O) groups excluding carboxylic acids is 2. The summed E-state index contributed by atoms with van der Waals surface area (Å²) in [7, 11) is 0. The Morgan fingerprint density at radius 3 is 2.80 bits per heavy atom. The van der Waals surface area contributed by atoms with E-state index in [-0.39, 0.29) is 11.9 Å². The van der Waals surface area contributed by atoms with Crippen LogP contribution in [0.25, 0.3) is 0 Å². The largest absolute Gasteiger partial charge is 0.478 e. The van der Waals surface area contributed by atoms with Gasteiger partial charge in [-0.15, -0.1) is 11.8 Å². The number of unbranched alkanes of at least 4 members (excludes halogenated alkanes) is 2. The number of carbonyl (C=O) groups is 2. The maximum Gasteiger partial charge on any atom is 0.302 e. The van der Waals surface area contributed by atoms with Gasteiger partial charge in [0, 0.05) is 38.0 Å². The smallest absolute Gasteiger partial charge is 0.302 e. The molecule has 2 rings (SSSR count). The zero-order valence-electron chi connectivity index (χ0n) is 18.1. The summed E-state index contributed by atoms with van der Waals surface area (Å²) in [5.41, 5.74) is 1.26. The number of thioether (sulfide) groups is 1.